The molecular weight excluding hydrogens is 364 g/mol. The number of amides is 1. The largest absolute Gasteiger partial charge is 0.332 e. The van der Waals surface area contributed by atoms with Crippen LogP contribution in [-0.4, -0.2) is 31.9 Å². The summed E-state index contributed by atoms with van der Waals surface area (Å²) in [7, 11) is 1.77. The zero-order chi connectivity index (χ0) is 19.0. The van der Waals surface area contributed by atoms with E-state index >= 15 is 0 Å². The molecule has 0 spiro atoms. The van der Waals surface area contributed by atoms with Crippen molar-refractivity contribution in [2.24, 2.45) is 7.05 Å². The number of aromatic nitrogens is 3. The van der Waals surface area contributed by atoms with Crippen LogP contribution in [0.15, 0.2) is 53.7 Å². The molecule has 0 atom stereocenters. The van der Waals surface area contributed by atoms with Crippen LogP contribution in [0.3, 0.4) is 0 Å². The third-order valence-electron chi connectivity index (χ3n) is 4.84. The number of halogens is 1. The fraction of sp³-hybridized carbons (Fsp3) is 0.200. The Morgan fingerprint density at radius 1 is 1.19 bits per heavy atom. The molecule has 0 radical (unpaired) electrons. The van der Waals surface area contributed by atoms with Gasteiger partial charge in [0.15, 0.2) is 0 Å². The third kappa shape index (κ3) is 3.13. The number of carbonyl (C=O) groups is 1. The smallest absolute Gasteiger partial charge is 0.274 e. The molecule has 0 saturated carbocycles. The van der Waals surface area contributed by atoms with Crippen LogP contribution in [0.25, 0.3) is 11.1 Å². The summed E-state index contributed by atoms with van der Waals surface area (Å²) in [5, 5.41) is 0.526. The summed E-state index contributed by atoms with van der Waals surface area (Å²) in [5.74, 6) is -0.165. The van der Waals surface area contributed by atoms with Crippen molar-refractivity contribution >= 4 is 17.5 Å². The van der Waals surface area contributed by atoms with Crippen LogP contribution < -0.4 is 5.56 Å². The second kappa shape index (κ2) is 6.96. The van der Waals surface area contributed by atoms with E-state index in [0.717, 1.165) is 11.3 Å². The van der Waals surface area contributed by atoms with Crippen molar-refractivity contribution in [2.45, 2.75) is 13.0 Å². The van der Waals surface area contributed by atoms with Crippen molar-refractivity contribution in [1.82, 2.24) is 19.4 Å². The highest BCUT2D eigenvalue weighted by Crippen LogP contribution is 2.28. The predicted molar refractivity (Wildman–Crippen MR) is 103 cm³/mol. The van der Waals surface area contributed by atoms with Gasteiger partial charge in [0.1, 0.15) is 5.69 Å². The van der Waals surface area contributed by atoms with Crippen LogP contribution >= 0.6 is 11.6 Å². The van der Waals surface area contributed by atoms with Crippen molar-refractivity contribution in [2.75, 3.05) is 6.54 Å². The van der Waals surface area contributed by atoms with Gasteiger partial charge in [-0.3, -0.25) is 14.6 Å². The Morgan fingerprint density at radius 3 is 2.74 bits per heavy atom. The molecule has 4 rings (SSSR count). The second-order valence-corrected chi connectivity index (χ2v) is 6.85. The predicted octanol–water partition coefficient (Wildman–Crippen LogP) is 2.69. The minimum atomic E-state index is -0.165. The normalized spacial score (nSPS) is 13.3. The first kappa shape index (κ1) is 17.4. The van der Waals surface area contributed by atoms with E-state index in [0.29, 0.717) is 41.4 Å². The van der Waals surface area contributed by atoms with E-state index in [-0.39, 0.29) is 11.5 Å². The molecular formula is C20H17ClN4O2. The molecule has 2 aromatic heterocycles. The van der Waals surface area contributed by atoms with Gasteiger partial charge in [-0.05, 0) is 17.7 Å². The minimum absolute atomic E-state index is 0.0875. The fourth-order valence-corrected chi connectivity index (χ4v) is 3.68. The Labute approximate surface area is 161 Å². The van der Waals surface area contributed by atoms with Gasteiger partial charge in [-0.25, -0.2) is 4.98 Å². The summed E-state index contributed by atoms with van der Waals surface area (Å²) < 4.78 is 1.66. The molecule has 0 bridgehead atoms. The van der Waals surface area contributed by atoms with E-state index in [9.17, 15) is 9.59 Å². The van der Waals surface area contributed by atoms with Gasteiger partial charge in [0, 0.05) is 60.8 Å². The Hall–Kier alpha value is -2.99. The maximum Gasteiger partial charge on any atom is 0.274 e. The average molecular weight is 381 g/mol. The lowest BCUT2D eigenvalue weighted by Gasteiger charge is -2.30. The third-order valence-corrected chi connectivity index (χ3v) is 5.17. The first-order valence-electron chi connectivity index (χ1n) is 8.58. The van der Waals surface area contributed by atoms with E-state index in [1.54, 1.807) is 22.6 Å². The number of pyridine rings is 1. The molecule has 0 N–H and O–H groups in total. The molecule has 6 nitrogen and oxygen atoms in total. The molecule has 136 valence electrons. The molecule has 1 aliphatic rings. The van der Waals surface area contributed by atoms with Gasteiger partial charge in [-0.15, -0.1) is 0 Å². The summed E-state index contributed by atoms with van der Waals surface area (Å²) in [6.45, 7) is 0.942. The lowest BCUT2D eigenvalue weighted by molar-refractivity contribution is 0.0726. The van der Waals surface area contributed by atoms with Crippen molar-refractivity contribution in [3.05, 3.63) is 81.3 Å². The first-order chi connectivity index (χ1) is 13.1. The number of rotatable bonds is 2. The molecule has 1 amide bonds. The van der Waals surface area contributed by atoms with Crippen molar-refractivity contribution in [3.63, 3.8) is 0 Å². The Morgan fingerprint density at radius 2 is 2.00 bits per heavy atom. The molecule has 1 aliphatic heterocycles. The van der Waals surface area contributed by atoms with Crippen molar-refractivity contribution < 1.29 is 4.79 Å². The monoisotopic (exact) mass is 380 g/mol. The van der Waals surface area contributed by atoms with Crippen LogP contribution in [0.5, 0.6) is 0 Å². The van der Waals surface area contributed by atoms with Crippen LogP contribution in [0.4, 0.5) is 0 Å². The highest BCUT2D eigenvalue weighted by molar-refractivity contribution is 6.33. The van der Waals surface area contributed by atoms with Crippen LogP contribution in [0.1, 0.15) is 21.7 Å². The fourth-order valence-electron chi connectivity index (χ4n) is 3.45. The second-order valence-electron chi connectivity index (χ2n) is 6.44. The number of fused-ring (bicyclic) bond motifs is 1. The number of hydrogen-bond donors (Lipinski definition) is 0. The van der Waals surface area contributed by atoms with Crippen LogP contribution in [0, 0.1) is 0 Å². The van der Waals surface area contributed by atoms with Gasteiger partial charge in [0.25, 0.3) is 11.5 Å². The number of nitrogens with zero attached hydrogens (tertiary/aromatic N) is 4. The molecule has 0 fully saturated rings. The number of benzene rings is 1. The van der Waals surface area contributed by atoms with E-state index in [1.165, 1.54) is 18.6 Å². The molecule has 0 saturated heterocycles. The number of hydrogen-bond acceptors (Lipinski definition) is 4. The molecule has 1 aromatic carbocycles. The van der Waals surface area contributed by atoms with Crippen LogP contribution in [-0.2, 0) is 20.0 Å². The topological polar surface area (TPSA) is 68.1 Å². The molecule has 0 unspecified atom stereocenters. The van der Waals surface area contributed by atoms with Gasteiger partial charge in [0.05, 0.1) is 6.20 Å². The standard InChI is InChI=1S/C20H17ClN4O2/c1-24-18-6-9-25(20(27)17-11-22-7-8-23-17)12-13(18)10-15(19(24)26)14-4-2-3-5-16(14)21/h2-5,7-8,10-11H,6,9,12H2,1H3. The lowest BCUT2D eigenvalue weighted by Crippen LogP contribution is -2.39. The Kier molecular flexibility index (Phi) is 4.49. The van der Waals surface area contributed by atoms with Gasteiger partial charge in [0.2, 0.25) is 0 Å². The summed E-state index contributed by atoms with van der Waals surface area (Å²) in [4.78, 5) is 35.3. The zero-order valence-corrected chi connectivity index (χ0v) is 15.5. The van der Waals surface area contributed by atoms with Crippen LogP contribution in [0.2, 0.25) is 5.02 Å². The highest BCUT2D eigenvalue weighted by atomic mass is 35.5. The number of carbonyl (C=O) groups excluding carboxylic acids is 1. The lowest BCUT2D eigenvalue weighted by atomic mass is 9.99. The summed E-state index contributed by atoms with van der Waals surface area (Å²) in [6, 6.07) is 9.13. The van der Waals surface area contributed by atoms with Gasteiger partial charge >= 0.3 is 0 Å². The maximum atomic E-state index is 12.8. The quantitative estimate of drug-likeness (QED) is 0.685. The first-order valence-corrected chi connectivity index (χ1v) is 8.96. The SMILES string of the molecule is Cn1c2c(cc(-c3ccccc3Cl)c1=O)CN(C(=O)c1cnccn1)CC2. The van der Waals surface area contributed by atoms with Gasteiger partial charge in [-0.2, -0.15) is 0 Å². The summed E-state index contributed by atoms with van der Waals surface area (Å²) >= 11 is 6.30. The van der Waals surface area contributed by atoms with Crippen molar-refractivity contribution in [3.8, 4) is 11.1 Å². The highest BCUT2D eigenvalue weighted by Gasteiger charge is 2.26. The van der Waals surface area contributed by atoms with E-state index in [4.69, 9.17) is 11.6 Å². The molecule has 27 heavy (non-hydrogen) atoms. The average Bonchev–Trinajstić information content (AvgIpc) is 2.71. The summed E-state index contributed by atoms with van der Waals surface area (Å²) in [6.07, 6.45) is 5.11. The van der Waals surface area contributed by atoms with Gasteiger partial charge < -0.3 is 9.47 Å². The Balaban J connectivity index is 1.74. The van der Waals surface area contributed by atoms with Crippen molar-refractivity contribution in [1.29, 1.82) is 0 Å². The molecule has 3 heterocycles. The van der Waals surface area contributed by atoms with E-state index in [2.05, 4.69) is 9.97 Å². The van der Waals surface area contributed by atoms with E-state index in [1.807, 2.05) is 24.3 Å². The summed E-state index contributed by atoms with van der Waals surface area (Å²) in [5.41, 5.74) is 3.35. The molecule has 3 aromatic rings. The maximum absolute atomic E-state index is 12.8. The molecule has 7 heteroatoms. The Bertz CT molecular complexity index is 1080. The van der Waals surface area contributed by atoms with Gasteiger partial charge in [-0.1, -0.05) is 29.8 Å². The zero-order valence-electron chi connectivity index (χ0n) is 14.7. The molecule has 0 aliphatic carbocycles. The van der Waals surface area contributed by atoms with E-state index < -0.39 is 0 Å². The minimum Gasteiger partial charge on any atom is -0.332 e.